The lowest BCUT2D eigenvalue weighted by Gasteiger charge is -2.07. The zero-order chi connectivity index (χ0) is 17.1. The van der Waals surface area contributed by atoms with Crippen LogP contribution in [0.5, 0.6) is 0 Å². The second-order valence-corrected chi connectivity index (χ2v) is 5.78. The number of carbonyl (C=O) groups is 1. The Hall–Kier alpha value is -3.28. The Bertz CT molecular complexity index is 1040. The third-order valence-corrected chi connectivity index (χ3v) is 4.07. The van der Waals surface area contributed by atoms with E-state index in [4.69, 9.17) is 0 Å². The van der Waals surface area contributed by atoms with E-state index in [-0.39, 0.29) is 5.91 Å². The quantitative estimate of drug-likeness (QED) is 0.571. The Morgan fingerprint density at radius 1 is 1.04 bits per heavy atom. The molecule has 0 bridgehead atoms. The Kier molecular flexibility index (Phi) is 4.08. The van der Waals surface area contributed by atoms with Crippen molar-refractivity contribution in [3.05, 3.63) is 66.7 Å². The predicted octanol–water partition coefficient (Wildman–Crippen LogP) is 2.80. The van der Waals surface area contributed by atoms with Crippen molar-refractivity contribution in [3.63, 3.8) is 0 Å². The number of hydrogen-bond acceptors (Lipinski definition) is 4. The smallest absolute Gasteiger partial charge is 0.271 e. The summed E-state index contributed by atoms with van der Waals surface area (Å²) in [4.78, 5) is 25.2. The number of nitrogens with zero attached hydrogens (tertiary/aromatic N) is 4. The number of carbonyl (C=O) groups excluding carboxylic acids is 1. The van der Waals surface area contributed by atoms with Gasteiger partial charge in [-0.15, -0.1) is 0 Å². The number of rotatable bonds is 5. The fourth-order valence-corrected chi connectivity index (χ4v) is 2.81. The monoisotopic (exact) mass is 331 g/mol. The molecule has 4 aromatic rings. The Morgan fingerprint density at radius 3 is 2.84 bits per heavy atom. The van der Waals surface area contributed by atoms with Gasteiger partial charge in [0.15, 0.2) is 0 Å². The van der Waals surface area contributed by atoms with Gasteiger partial charge in [-0.3, -0.25) is 9.78 Å². The normalized spacial score (nSPS) is 11.0. The van der Waals surface area contributed by atoms with Gasteiger partial charge < -0.3 is 9.88 Å². The average Bonchev–Trinajstić information content (AvgIpc) is 3.08. The van der Waals surface area contributed by atoms with Gasteiger partial charge in [-0.25, -0.2) is 9.97 Å². The van der Waals surface area contributed by atoms with Crippen LogP contribution in [0.3, 0.4) is 0 Å². The summed E-state index contributed by atoms with van der Waals surface area (Å²) >= 11 is 0. The molecule has 6 heteroatoms. The minimum atomic E-state index is -0.200. The minimum absolute atomic E-state index is 0.200. The first-order valence-corrected chi connectivity index (χ1v) is 8.21. The Morgan fingerprint density at radius 2 is 1.92 bits per heavy atom. The lowest BCUT2D eigenvalue weighted by molar-refractivity contribution is 0.0948. The summed E-state index contributed by atoms with van der Waals surface area (Å²) in [5.74, 6) is -0.200. The van der Waals surface area contributed by atoms with Gasteiger partial charge in [0.1, 0.15) is 11.3 Å². The number of fused-ring (bicyclic) bond motifs is 2. The van der Waals surface area contributed by atoms with Gasteiger partial charge in [-0.1, -0.05) is 12.1 Å². The van der Waals surface area contributed by atoms with Crippen LogP contribution in [0, 0.1) is 0 Å². The molecule has 0 spiro atoms. The molecule has 0 unspecified atom stereocenters. The lowest BCUT2D eigenvalue weighted by Crippen LogP contribution is -2.26. The van der Waals surface area contributed by atoms with E-state index >= 15 is 0 Å². The van der Waals surface area contributed by atoms with Crippen molar-refractivity contribution in [3.8, 4) is 0 Å². The summed E-state index contributed by atoms with van der Waals surface area (Å²) in [5, 5.41) is 4.02. The molecular weight excluding hydrogens is 314 g/mol. The molecule has 0 aliphatic heterocycles. The van der Waals surface area contributed by atoms with Crippen molar-refractivity contribution in [2.45, 2.75) is 13.0 Å². The molecule has 1 amide bonds. The summed E-state index contributed by atoms with van der Waals surface area (Å²) in [6.07, 6.45) is 6.14. The van der Waals surface area contributed by atoms with Gasteiger partial charge in [0.25, 0.3) is 5.91 Å². The van der Waals surface area contributed by atoms with Crippen molar-refractivity contribution in [1.82, 2.24) is 24.8 Å². The van der Waals surface area contributed by atoms with Gasteiger partial charge in [-0.05, 0) is 36.8 Å². The topological polar surface area (TPSA) is 72.7 Å². The molecule has 4 rings (SSSR count). The molecule has 3 aromatic heterocycles. The highest BCUT2D eigenvalue weighted by atomic mass is 16.1. The third kappa shape index (κ3) is 3.19. The fourth-order valence-electron chi connectivity index (χ4n) is 2.81. The van der Waals surface area contributed by atoms with Crippen LogP contribution in [-0.4, -0.2) is 32.0 Å². The number of para-hydroxylation sites is 2. The number of nitrogens with one attached hydrogen (secondary N) is 1. The van der Waals surface area contributed by atoms with Gasteiger partial charge in [0.2, 0.25) is 0 Å². The predicted molar refractivity (Wildman–Crippen MR) is 96.2 cm³/mol. The summed E-state index contributed by atoms with van der Waals surface area (Å²) in [5.41, 5.74) is 2.81. The number of benzene rings is 1. The van der Waals surface area contributed by atoms with E-state index in [1.165, 1.54) is 6.20 Å². The lowest BCUT2D eigenvalue weighted by atomic mass is 10.3. The molecule has 6 nitrogen and oxygen atoms in total. The number of hydrogen-bond donors (Lipinski definition) is 1. The third-order valence-electron chi connectivity index (χ3n) is 4.07. The maximum Gasteiger partial charge on any atom is 0.271 e. The molecule has 0 atom stereocenters. The van der Waals surface area contributed by atoms with Crippen LogP contribution < -0.4 is 5.32 Å². The van der Waals surface area contributed by atoms with Crippen LogP contribution in [0.2, 0.25) is 0 Å². The number of aryl methyl sites for hydroxylation is 1. The van der Waals surface area contributed by atoms with Crippen molar-refractivity contribution < 1.29 is 4.79 Å². The Balaban J connectivity index is 1.35. The number of aromatic nitrogens is 4. The van der Waals surface area contributed by atoms with Gasteiger partial charge in [0.05, 0.1) is 17.2 Å². The minimum Gasteiger partial charge on any atom is -0.351 e. The van der Waals surface area contributed by atoms with Crippen LogP contribution in [0.15, 0.2) is 61.1 Å². The van der Waals surface area contributed by atoms with E-state index in [0.717, 1.165) is 35.0 Å². The summed E-state index contributed by atoms with van der Waals surface area (Å²) in [6, 6.07) is 13.5. The molecule has 0 radical (unpaired) electrons. The van der Waals surface area contributed by atoms with Crippen LogP contribution in [0.1, 0.15) is 16.9 Å². The first-order valence-electron chi connectivity index (χ1n) is 8.21. The molecule has 1 N–H and O–H groups in total. The summed E-state index contributed by atoms with van der Waals surface area (Å²) in [7, 11) is 0. The van der Waals surface area contributed by atoms with E-state index < -0.39 is 0 Å². The molecular formula is C19H17N5O. The van der Waals surface area contributed by atoms with Gasteiger partial charge in [-0.2, -0.15) is 0 Å². The van der Waals surface area contributed by atoms with E-state index in [9.17, 15) is 4.79 Å². The second-order valence-electron chi connectivity index (χ2n) is 5.78. The van der Waals surface area contributed by atoms with Gasteiger partial charge in [0, 0.05) is 30.9 Å². The maximum absolute atomic E-state index is 12.2. The van der Waals surface area contributed by atoms with Crippen molar-refractivity contribution in [2.75, 3.05) is 6.54 Å². The molecule has 0 aliphatic rings. The van der Waals surface area contributed by atoms with E-state index in [2.05, 4.69) is 24.8 Å². The van der Waals surface area contributed by atoms with Crippen LogP contribution in [0.4, 0.5) is 0 Å². The first-order chi connectivity index (χ1) is 12.3. The highest BCUT2D eigenvalue weighted by molar-refractivity contribution is 5.93. The van der Waals surface area contributed by atoms with Crippen LogP contribution in [0.25, 0.3) is 22.1 Å². The highest BCUT2D eigenvalue weighted by Gasteiger charge is 2.08. The zero-order valence-electron chi connectivity index (χ0n) is 13.6. The largest absolute Gasteiger partial charge is 0.351 e. The van der Waals surface area contributed by atoms with Crippen LogP contribution >= 0.6 is 0 Å². The zero-order valence-corrected chi connectivity index (χ0v) is 13.6. The Labute approximate surface area is 144 Å². The van der Waals surface area contributed by atoms with Crippen molar-refractivity contribution in [1.29, 1.82) is 0 Å². The molecule has 0 saturated heterocycles. The molecule has 25 heavy (non-hydrogen) atoms. The molecule has 124 valence electrons. The summed E-state index contributed by atoms with van der Waals surface area (Å²) < 4.78 is 2.09. The van der Waals surface area contributed by atoms with Crippen LogP contribution in [-0.2, 0) is 6.54 Å². The van der Waals surface area contributed by atoms with E-state index in [1.54, 1.807) is 6.20 Å². The van der Waals surface area contributed by atoms with Crippen molar-refractivity contribution >= 4 is 28.0 Å². The highest BCUT2D eigenvalue weighted by Crippen LogP contribution is 2.12. The van der Waals surface area contributed by atoms with Gasteiger partial charge >= 0.3 is 0 Å². The maximum atomic E-state index is 12.2. The number of amides is 1. The SMILES string of the molecule is O=C(NCCCn1ccc2cccnc21)c1cnc2ccccc2n1. The van der Waals surface area contributed by atoms with Crippen molar-refractivity contribution in [2.24, 2.45) is 0 Å². The molecule has 0 aliphatic carbocycles. The van der Waals surface area contributed by atoms with E-state index in [0.29, 0.717) is 12.2 Å². The molecule has 1 aromatic carbocycles. The molecule has 3 heterocycles. The fraction of sp³-hybridized carbons (Fsp3) is 0.158. The number of pyridine rings is 1. The standard InChI is InChI=1S/C19H17N5O/c25-19(17-13-22-15-6-1-2-7-16(15)23-17)21-10-4-11-24-12-8-14-5-3-9-20-18(14)24/h1-3,5-9,12-13H,4,10-11H2,(H,21,25). The second kappa shape index (κ2) is 6.68. The summed E-state index contributed by atoms with van der Waals surface area (Å²) in [6.45, 7) is 1.37. The van der Waals surface area contributed by atoms with E-state index in [1.807, 2.05) is 48.7 Å². The first kappa shape index (κ1) is 15.3. The molecule has 0 saturated carbocycles. The molecule has 0 fully saturated rings. The average molecular weight is 331 g/mol.